The number of rotatable bonds is 4. The summed E-state index contributed by atoms with van der Waals surface area (Å²) in [5.41, 5.74) is 1.07. The molecule has 1 amide bonds. The van der Waals surface area contributed by atoms with E-state index in [0.717, 1.165) is 5.69 Å². The van der Waals surface area contributed by atoms with E-state index in [1.165, 1.54) is 0 Å². The van der Waals surface area contributed by atoms with Gasteiger partial charge in [-0.1, -0.05) is 0 Å². The lowest BCUT2D eigenvalue weighted by Crippen LogP contribution is -2.42. The molecule has 0 aliphatic rings. The highest BCUT2D eigenvalue weighted by atomic mass is 16.2. The molecule has 0 saturated carbocycles. The van der Waals surface area contributed by atoms with Crippen molar-refractivity contribution in [2.24, 2.45) is 7.05 Å². The summed E-state index contributed by atoms with van der Waals surface area (Å²) in [7, 11) is 5.41. The molecule has 2 unspecified atom stereocenters. The Morgan fingerprint density at radius 1 is 1.50 bits per heavy atom. The summed E-state index contributed by atoms with van der Waals surface area (Å²) in [6, 6.07) is 1.86. The molecule has 2 atom stereocenters. The van der Waals surface area contributed by atoms with Gasteiger partial charge in [0.1, 0.15) is 0 Å². The second-order valence-corrected chi connectivity index (χ2v) is 4.22. The molecule has 0 radical (unpaired) electrons. The number of amides is 1. The number of likely N-dealkylation sites (N-methyl/N-ethyl adjacent to an activating group) is 1. The molecule has 0 aliphatic carbocycles. The van der Waals surface area contributed by atoms with Crippen molar-refractivity contribution in [3.8, 4) is 0 Å². The summed E-state index contributed by atoms with van der Waals surface area (Å²) in [6.07, 6.45) is 1.76. The summed E-state index contributed by atoms with van der Waals surface area (Å²) in [6.45, 7) is 3.89. The van der Waals surface area contributed by atoms with Crippen LogP contribution in [0.5, 0.6) is 0 Å². The summed E-state index contributed by atoms with van der Waals surface area (Å²) in [5, 5.41) is 7.36. The molecule has 90 valence electrons. The lowest BCUT2D eigenvalue weighted by Gasteiger charge is -2.22. The van der Waals surface area contributed by atoms with Gasteiger partial charge in [-0.2, -0.15) is 5.10 Å². The molecule has 1 aromatic heterocycles. The first-order chi connectivity index (χ1) is 7.43. The molecule has 5 heteroatoms. The summed E-state index contributed by atoms with van der Waals surface area (Å²) >= 11 is 0. The number of aryl methyl sites for hydroxylation is 1. The van der Waals surface area contributed by atoms with Crippen molar-refractivity contribution in [1.82, 2.24) is 20.0 Å². The Balaban J connectivity index is 2.62. The Labute approximate surface area is 96.4 Å². The van der Waals surface area contributed by atoms with Crippen molar-refractivity contribution in [1.29, 1.82) is 0 Å². The highest BCUT2D eigenvalue weighted by molar-refractivity contribution is 5.80. The number of nitrogens with one attached hydrogen (secondary N) is 1. The number of hydrogen-bond acceptors (Lipinski definition) is 3. The van der Waals surface area contributed by atoms with Crippen LogP contribution in [0.2, 0.25) is 0 Å². The Bertz CT molecular complexity index is 359. The van der Waals surface area contributed by atoms with E-state index in [1.807, 2.05) is 31.6 Å². The van der Waals surface area contributed by atoms with Crippen molar-refractivity contribution in [2.45, 2.75) is 25.9 Å². The average molecular weight is 224 g/mol. The van der Waals surface area contributed by atoms with Crippen LogP contribution in [0.15, 0.2) is 12.3 Å². The Morgan fingerprint density at radius 3 is 2.56 bits per heavy atom. The van der Waals surface area contributed by atoms with Gasteiger partial charge in [0.25, 0.3) is 0 Å². The fraction of sp³-hybridized carbons (Fsp3) is 0.636. The lowest BCUT2D eigenvalue weighted by molar-refractivity contribution is -0.130. The molecule has 0 bridgehead atoms. The van der Waals surface area contributed by atoms with Crippen LogP contribution in [0, 0.1) is 0 Å². The van der Waals surface area contributed by atoms with Gasteiger partial charge in [-0.15, -0.1) is 0 Å². The minimum atomic E-state index is -0.195. The smallest absolute Gasteiger partial charge is 0.238 e. The van der Waals surface area contributed by atoms with Gasteiger partial charge >= 0.3 is 0 Å². The Kier molecular flexibility index (Phi) is 4.06. The van der Waals surface area contributed by atoms with Crippen molar-refractivity contribution in [3.05, 3.63) is 18.0 Å². The van der Waals surface area contributed by atoms with Gasteiger partial charge in [-0.3, -0.25) is 14.8 Å². The van der Waals surface area contributed by atoms with Crippen LogP contribution < -0.4 is 5.32 Å². The second kappa shape index (κ2) is 5.12. The SMILES string of the molecule is CC(NC(C)c1ccnn1C)C(=O)N(C)C. The standard InChI is InChI=1S/C11H20N4O/c1-8(10-6-7-12-15(10)5)13-9(2)11(16)14(3)4/h6-9,13H,1-5H3. The summed E-state index contributed by atoms with van der Waals surface area (Å²) in [4.78, 5) is 13.3. The van der Waals surface area contributed by atoms with Crippen LogP contribution in [-0.2, 0) is 11.8 Å². The van der Waals surface area contributed by atoms with E-state index in [-0.39, 0.29) is 18.0 Å². The molecular weight excluding hydrogens is 204 g/mol. The van der Waals surface area contributed by atoms with Gasteiger partial charge in [-0.25, -0.2) is 0 Å². The number of carbonyl (C=O) groups is 1. The van der Waals surface area contributed by atoms with E-state index in [0.29, 0.717) is 0 Å². The maximum atomic E-state index is 11.7. The molecule has 1 heterocycles. The zero-order chi connectivity index (χ0) is 12.3. The Morgan fingerprint density at radius 2 is 2.12 bits per heavy atom. The lowest BCUT2D eigenvalue weighted by atomic mass is 10.2. The molecule has 1 rings (SSSR count). The van der Waals surface area contributed by atoms with E-state index in [9.17, 15) is 4.79 Å². The molecule has 0 spiro atoms. The highest BCUT2D eigenvalue weighted by Crippen LogP contribution is 2.11. The van der Waals surface area contributed by atoms with Crippen LogP contribution in [0.4, 0.5) is 0 Å². The maximum Gasteiger partial charge on any atom is 0.238 e. The number of aromatic nitrogens is 2. The minimum Gasteiger partial charge on any atom is -0.347 e. The Hall–Kier alpha value is -1.36. The third-order valence-electron chi connectivity index (χ3n) is 2.61. The molecule has 16 heavy (non-hydrogen) atoms. The third-order valence-corrected chi connectivity index (χ3v) is 2.61. The molecule has 5 nitrogen and oxygen atoms in total. The van der Waals surface area contributed by atoms with Crippen molar-refractivity contribution in [3.63, 3.8) is 0 Å². The van der Waals surface area contributed by atoms with Crippen LogP contribution in [0.25, 0.3) is 0 Å². The predicted octanol–water partition coefficient (Wildman–Crippen LogP) is 0.547. The second-order valence-electron chi connectivity index (χ2n) is 4.22. The fourth-order valence-corrected chi connectivity index (χ4v) is 1.73. The topological polar surface area (TPSA) is 50.2 Å². The molecule has 0 fully saturated rings. The van der Waals surface area contributed by atoms with Crippen molar-refractivity contribution >= 4 is 5.91 Å². The monoisotopic (exact) mass is 224 g/mol. The van der Waals surface area contributed by atoms with Crippen molar-refractivity contribution in [2.75, 3.05) is 14.1 Å². The normalized spacial score (nSPS) is 14.6. The average Bonchev–Trinajstić information content (AvgIpc) is 2.62. The molecule has 0 saturated heterocycles. The molecule has 0 aromatic carbocycles. The maximum absolute atomic E-state index is 11.7. The van der Waals surface area contributed by atoms with Crippen LogP contribution >= 0.6 is 0 Å². The molecular formula is C11H20N4O. The van der Waals surface area contributed by atoms with Gasteiger partial charge in [0.05, 0.1) is 11.7 Å². The fourth-order valence-electron chi connectivity index (χ4n) is 1.73. The summed E-state index contributed by atoms with van der Waals surface area (Å²) in [5.74, 6) is 0.0778. The van der Waals surface area contributed by atoms with Gasteiger partial charge in [0.2, 0.25) is 5.91 Å². The van der Waals surface area contributed by atoms with E-state index in [1.54, 1.807) is 25.2 Å². The van der Waals surface area contributed by atoms with Gasteiger partial charge < -0.3 is 4.90 Å². The van der Waals surface area contributed by atoms with E-state index >= 15 is 0 Å². The van der Waals surface area contributed by atoms with Crippen LogP contribution in [-0.4, -0.2) is 40.7 Å². The summed E-state index contributed by atoms with van der Waals surface area (Å²) < 4.78 is 1.81. The van der Waals surface area contributed by atoms with Gasteiger partial charge in [0.15, 0.2) is 0 Å². The largest absolute Gasteiger partial charge is 0.347 e. The van der Waals surface area contributed by atoms with E-state index in [2.05, 4.69) is 10.4 Å². The number of hydrogen-bond donors (Lipinski definition) is 1. The molecule has 1 aromatic rings. The first-order valence-electron chi connectivity index (χ1n) is 5.38. The molecule has 0 aliphatic heterocycles. The van der Waals surface area contributed by atoms with Crippen LogP contribution in [0.3, 0.4) is 0 Å². The van der Waals surface area contributed by atoms with Gasteiger partial charge in [-0.05, 0) is 19.9 Å². The first kappa shape index (κ1) is 12.7. The van der Waals surface area contributed by atoms with E-state index < -0.39 is 0 Å². The van der Waals surface area contributed by atoms with Crippen LogP contribution in [0.1, 0.15) is 25.6 Å². The van der Waals surface area contributed by atoms with Crippen molar-refractivity contribution < 1.29 is 4.79 Å². The predicted molar refractivity (Wildman–Crippen MR) is 62.9 cm³/mol. The third kappa shape index (κ3) is 2.82. The minimum absolute atomic E-state index is 0.0778. The number of nitrogens with zero attached hydrogens (tertiary/aromatic N) is 3. The zero-order valence-corrected chi connectivity index (χ0v) is 10.6. The molecule has 1 N–H and O–H groups in total. The van der Waals surface area contributed by atoms with E-state index in [4.69, 9.17) is 0 Å². The quantitative estimate of drug-likeness (QED) is 0.812. The van der Waals surface area contributed by atoms with Gasteiger partial charge in [0, 0.05) is 33.4 Å². The number of carbonyl (C=O) groups excluding carboxylic acids is 1. The zero-order valence-electron chi connectivity index (χ0n) is 10.6. The highest BCUT2D eigenvalue weighted by Gasteiger charge is 2.18. The first-order valence-corrected chi connectivity index (χ1v) is 5.38.